The standard InChI is InChI=1S/C15H12F4N2O3S/c1-8-6-9(2-5-13(8)16)21-14(22)11-7-10(25(20,23)24)3-4-12(11)15(17,18)19/h2-7H,1H3,(H,21,22)(H2,20,23,24). The molecule has 0 saturated carbocycles. The lowest BCUT2D eigenvalue weighted by Gasteiger charge is -2.14. The summed E-state index contributed by atoms with van der Waals surface area (Å²) in [5.74, 6) is -1.76. The zero-order valence-corrected chi connectivity index (χ0v) is 13.5. The van der Waals surface area contributed by atoms with E-state index in [9.17, 15) is 30.8 Å². The molecule has 2 rings (SSSR count). The second-order valence-corrected chi connectivity index (χ2v) is 6.73. The summed E-state index contributed by atoms with van der Waals surface area (Å²) in [6.07, 6.45) is -4.89. The van der Waals surface area contributed by atoms with Gasteiger partial charge in [-0.15, -0.1) is 0 Å². The van der Waals surface area contributed by atoms with Crippen molar-refractivity contribution in [1.29, 1.82) is 0 Å². The molecule has 0 bridgehead atoms. The van der Waals surface area contributed by atoms with Gasteiger partial charge in [-0.2, -0.15) is 13.2 Å². The van der Waals surface area contributed by atoms with Crippen molar-refractivity contribution in [3.05, 3.63) is 58.9 Å². The first-order chi connectivity index (χ1) is 11.4. The summed E-state index contributed by atoms with van der Waals surface area (Å²) >= 11 is 0. The maximum Gasteiger partial charge on any atom is 0.417 e. The fraction of sp³-hybridized carbons (Fsp3) is 0.133. The van der Waals surface area contributed by atoms with Gasteiger partial charge in [0.05, 0.1) is 16.0 Å². The highest BCUT2D eigenvalue weighted by Crippen LogP contribution is 2.33. The Bertz CT molecular complexity index is 940. The maximum absolute atomic E-state index is 13.2. The zero-order chi connectivity index (χ0) is 19.0. The summed E-state index contributed by atoms with van der Waals surface area (Å²) in [5, 5.41) is 7.07. The number of hydrogen-bond donors (Lipinski definition) is 2. The summed E-state index contributed by atoms with van der Waals surface area (Å²) in [6.45, 7) is 1.41. The van der Waals surface area contributed by atoms with Gasteiger partial charge in [0.1, 0.15) is 5.82 Å². The summed E-state index contributed by atoms with van der Waals surface area (Å²) in [7, 11) is -4.30. The number of anilines is 1. The molecule has 0 saturated heterocycles. The van der Waals surface area contributed by atoms with Crippen molar-refractivity contribution in [3.63, 3.8) is 0 Å². The minimum atomic E-state index is -4.89. The van der Waals surface area contributed by atoms with E-state index in [4.69, 9.17) is 5.14 Å². The highest BCUT2D eigenvalue weighted by atomic mass is 32.2. The highest BCUT2D eigenvalue weighted by Gasteiger charge is 2.36. The van der Waals surface area contributed by atoms with Crippen molar-refractivity contribution in [1.82, 2.24) is 0 Å². The molecule has 0 heterocycles. The van der Waals surface area contributed by atoms with E-state index in [1.165, 1.54) is 13.0 Å². The van der Waals surface area contributed by atoms with Crippen molar-refractivity contribution in [2.45, 2.75) is 18.0 Å². The van der Waals surface area contributed by atoms with Gasteiger partial charge in [0.15, 0.2) is 0 Å². The normalized spacial score (nSPS) is 12.1. The van der Waals surface area contributed by atoms with Gasteiger partial charge in [-0.25, -0.2) is 17.9 Å². The Morgan fingerprint density at radius 1 is 1.12 bits per heavy atom. The topological polar surface area (TPSA) is 89.3 Å². The number of aryl methyl sites for hydroxylation is 1. The third-order valence-electron chi connectivity index (χ3n) is 3.29. The van der Waals surface area contributed by atoms with Crippen LogP contribution in [-0.2, 0) is 16.2 Å². The number of amides is 1. The number of hydrogen-bond acceptors (Lipinski definition) is 3. The largest absolute Gasteiger partial charge is 0.417 e. The van der Waals surface area contributed by atoms with Gasteiger partial charge in [-0.1, -0.05) is 0 Å². The Hall–Kier alpha value is -2.46. The molecule has 0 fully saturated rings. The number of nitrogens with two attached hydrogens (primary N) is 1. The van der Waals surface area contributed by atoms with Gasteiger partial charge in [0.25, 0.3) is 5.91 Å². The van der Waals surface area contributed by atoms with Crippen LogP contribution in [0.4, 0.5) is 23.2 Å². The van der Waals surface area contributed by atoms with Crippen molar-refractivity contribution >= 4 is 21.6 Å². The molecule has 3 N–H and O–H groups in total. The van der Waals surface area contributed by atoms with Gasteiger partial charge in [0.2, 0.25) is 10.0 Å². The van der Waals surface area contributed by atoms with E-state index in [0.717, 1.165) is 12.1 Å². The van der Waals surface area contributed by atoms with E-state index in [2.05, 4.69) is 5.32 Å². The van der Waals surface area contributed by atoms with E-state index in [-0.39, 0.29) is 11.3 Å². The Labute approximate surface area is 140 Å². The molecule has 0 unspecified atom stereocenters. The number of carbonyl (C=O) groups is 1. The molecule has 0 spiro atoms. The molecule has 0 atom stereocenters. The fourth-order valence-corrected chi connectivity index (χ4v) is 2.60. The van der Waals surface area contributed by atoms with Crippen molar-refractivity contribution in [3.8, 4) is 0 Å². The van der Waals surface area contributed by atoms with E-state index < -0.39 is 43.9 Å². The van der Waals surface area contributed by atoms with Crippen LogP contribution in [0.15, 0.2) is 41.3 Å². The number of rotatable bonds is 3. The minimum Gasteiger partial charge on any atom is -0.322 e. The lowest BCUT2D eigenvalue weighted by molar-refractivity contribution is -0.137. The molecule has 134 valence electrons. The molecule has 0 aliphatic rings. The van der Waals surface area contributed by atoms with Gasteiger partial charge in [-0.3, -0.25) is 4.79 Å². The molecule has 0 aliphatic carbocycles. The summed E-state index contributed by atoms with van der Waals surface area (Å²) < 4.78 is 75.1. The van der Waals surface area contributed by atoms with Crippen LogP contribution in [0.25, 0.3) is 0 Å². The van der Waals surface area contributed by atoms with Crippen LogP contribution < -0.4 is 10.5 Å². The van der Waals surface area contributed by atoms with Crippen LogP contribution in [0.5, 0.6) is 0 Å². The number of nitrogens with one attached hydrogen (secondary N) is 1. The molecule has 1 amide bonds. The average molecular weight is 376 g/mol. The summed E-state index contributed by atoms with van der Waals surface area (Å²) in [4.78, 5) is 11.6. The second kappa shape index (κ2) is 6.45. The molecule has 0 aliphatic heterocycles. The first-order valence-corrected chi connectivity index (χ1v) is 8.26. The fourth-order valence-electron chi connectivity index (χ4n) is 2.06. The van der Waals surface area contributed by atoms with Crippen LogP contribution in [0.3, 0.4) is 0 Å². The molecule has 2 aromatic carbocycles. The van der Waals surface area contributed by atoms with Gasteiger partial charge < -0.3 is 5.32 Å². The Balaban J connectivity index is 2.50. The predicted molar refractivity (Wildman–Crippen MR) is 81.9 cm³/mol. The maximum atomic E-state index is 13.2. The third kappa shape index (κ3) is 4.34. The van der Waals surface area contributed by atoms with Crippen molar-refractivity contribution in [2.75, 3.05) is 5.32 Å². The van der Waals surface area contributed by atoms with Crippen LogP contribution in [0.2, 0.25) is 0 Å². The number of primary sulfonamides is 1. The van der Waals surface area contributed by atoms with Crippen molar-refractivity contribution < 1.29 is 30.8 Å². The summed E-state index contributed by atoms with van der Waals surface area (Å²) in [5.41, 5.74) is -2.01. The molecule has 10 heteroatoms. The van der Waals surface area contributed by atoms with E-state index >= 15 is 0 Å². The lowest BCUT2D eigenvalue weighted by Crippen LogP contribution is -2.21. The molecule has 2 aromatic rings. The van der Waals surface area contributed by atoms with Gasteiger partial charge in [0, 0.05) is 5.69 Å². The monoisotopic (exact) mass is 376 g/mol. The number of sulfonamides is 1. The number of halogens is 4. The Kier molecular flexibility index (Phi) is 4.87. The highest BCUT2D eigenvalue weighted by molar-refractivity contribution is 7.89. The SMILES string of the molecule is Cc1cc(NC(=O)c2cc(S(N)(=O)=O)ccc2C(F)(F)F)ccc1F. The molecule has 25 heavy (non-hydrogen) atoms. The van der Waals surface area contributed by atoms with Gasteiger partial charge in [-0.05, 0) is 48.9 Å². The summed E-state index contributed by atoms with van der Waals surface area (Å²) in [6, 6.07) is 5.10. The van der Waals surface area contributed by atoms with Crippen LogP contribution in [0.1, 0.15) is 21.5 Å². The zero-order valence-electron chi connectivity index (χ0n) is 12.7. The van der Waals surface area contributed by atoms with Crippen LogP contribution in [-0.4, -0.2) is 14.3 Å². The quantitative estimate of drug-likeness (QED) is 0.807. The van der Waals surface area contributed by atoms with E-state index in [1.807, 2.05) is 0 Å². The molecular weight excluding hydrogens is 364 g/mol. The van der Waals surface area contributed by atoms with Crippen molar-refractivity contribution in [2.24, 2.45) is 5.14 Å². The third-order valence-corrected chi connectivity index (χ3v) is 4.20. The molecule has 0 radical (unpaired) electrons. The first kappa shape index (κ1) is 18.9. The number of carbonyl (C=O) groups excluding carboxylic acids is 1. The molecular formula is C15H12F4N2O3S. The van der Waals surface area contributed by atoms with Crippen LogP contribution >= 0.6 is 0 Å². The van der Waals surface area contributed by atoms with E-state index in [0.29, 0.717) is 18.2 Å². The second-order valence-electron chi connectivity index (χ2n) is 5.17. The molecule has 5 nitrogen and oxygen atoms in total. The first-order valence-electron chi connectivity index (χ1n) is 6.71. The predicted octanol–water partition coefficient (Wildman–Crippen LogP) is 3.05. The lowest BCUT2D eigenvalue weighted by atomic mass is 10.1. The number of alkyl halides is 3. The van der Waals surface area contributed by atoms with E-state index in [1.54, 1.807) is 0 Å². The number of benzene rings is 2. The van der Waals surface area contributed by atoms with Crippen LogP contribution in [0, 0.1) is 12.7 Å². The Morgan fingerprint density at radius 3 is 2.28 bits per heavy atom. The van der Waals surface area contributed by atoms with Gasteiger partial charge >= 0.3 is 6.18 Å². The minimum absolute atomic E-state index is 0.0537. The Morgan fingerprint density at radius 2 is 1.76 bits per heavy atom. The average Bonchev–Trinajstić information content (AvgIpc) is 2.48. The smallest absolute Gasteiger partial charge is 0.322 e. The molecule has 0 aromatic heterocycles.